The molecule has 6 heteroatoms. The molecule has 0 spiro atoms. The third-order valence-corrected chi connectivity index (χ3v) is 3.87. The SMILES string of the molecule is O=S(=O)(CCCCO)NCC1CCOC1. The van der Waals surface area contributed by atoms with Crippen LogP contribution in [0, 0.1) is 5.92 Å². The molecule has 0 radical (unpaired) electrons. The van der Waals surface area contributed by atoms with Crippen molar-refractivity contribution in [3.63, 3.8) is 0 Å². The number of rotatable bonds is 7. The summed E-state index contributed by atoms with van der Waals surface area (Å²) in [6.07, 6.45) is 1.97. The summed E-state index contributed by atoms with van der Waals surface area (Å²) in [5, 5.41) is 8.53. The molecule has 1 aliphatic rings. The Kier molecular flexibility index (Phi) is 5.52. The molecule has 1 unspecified atom stereocenters. The lowest BCUT2D eigenvalue weighted by Crippen LogP contribution is -2.31. The van der Waals surface area contributed by atoms with Crippen LogP contribution >= 0.6 is 0 Å². The molecular formula is C9H19NO4S. The number of sulfonamides is 1. The molecule has 0 bridgehead atoms. The van der Waals surface area contributed by atoms with Gasteiger partial charge in [-0.2, -0.15) is 0 Å². The summed E-state index contributed by atoms with van der Waals surface area (Å²) in [5.74, 6) is 0.416. The minimum absolute atomic E-state index is 0.0476. The topological polar surface area (TPSA) is 75.6 Å². The molecule has 1 rings (SSSR count). The summed E-state index contributed by atoms with van der Waals surface area (Å²) in [6.45, 7) is 1.91. The Morgan fingerprint density at radius 2 is 2.20 bits per heavy atom. The van der Waals surface area contributed by atoms with E-state index in [1.165, 1.54) is 0 Å². The molecule has 5 nitrogen and oxygen atoms in total. The molecule has 0 amide bonds. The van der Waals surface area contributed by atoms with Crippen LogP contribution in [0.5, 0.6) is 0 Å². The highest BCUT2D eigenvalue weighted by Crippen LogP contribution is 2.11. The Balaban J connectivity index is 2.17. The molecule has 1 heterocycles. The van der Waals surface area contributed by atoms with Gasteiger partial charge in [0, 0.05) is 19.8 Å². The maximum atomic E-state index is 11.4. The second-order valence-electron chi connectivity index (χ2n) is 3.83. The van der Waals surface area contributed by atoms with E-state index in [2.05, 4.69) is 4.72 Å². The first kappa shape index (κ1) is 12.9. The first-order chi connectivity index (χ1) is 7.14. The molecule has 0 aliphatic carbocycles. The average molecular weight is 237 g/mol. The molecule has 1 aliphatic heterocycles. The second kappa shape index (κ2) is 6.42. The average Bonchev–Trinajstić information content (AvgIpc) is 2.68. The number of aliphatic hydroxyl groups excluding tert-OH is 1. The van der Waals surface area contributed by atoms with Gasteiger partial charge < -0.3 is 9.84 Å². The van der Waals surface area contributed by atoms with E-state index in [9.17, 15) is 8.42 Å². The second-order valence-corrected chi connectivity index (χ2v) is 5.75. The fourth-order valence-electron chi connectivity index (χ4n) is 1.47. The van der Waals surface area contributed by atoms with Crippen LogP contribution in [-0.2, 0) is 14.8 Å². The highest BCUT2D eigenvalue weighted by atomic mass is 32.2. The zero-order valence-electron chi connectivity index (χ0n) is 8.81. The predicted molar refractivity (Wildman–Crippen MR) is 57.0 cm³/mol. The van der Waals surface area contributed by atoms with Gasteiger partial charge >= 0.3 is 0 Å². The molecule has 0 aromatic rings. The van der Waals surface area contributed by atoms with Gasteiger partial charge in [-0.3, -0.25) is 0 Å². The van der Waals surface area contributed by atoms with Crippen molar-refractivity contribution in [1.29, 1.82) is 0 Å². The molecule has 0 saturated carbocycles. The Bertz CT molecular complexity index is 259. The van der Waals surface area contributed by atoms with E-state index in [0.29, 0.717) is 31.9 Å². The Labute approximate surface area is 90.9 Å². The lowest BCUT2D eigenvalue weighted by Gasteiger charge is -2.09. The standard InChI is InChI=1S/C9H19NO4S/c11-4-1-2-6-15(12,13)10-7-9-3-5-14-8-9/h9-11H,1-8H2. The van der Waals surface area contributed by atoms with E-state index in [4.69, 9.17) is 9.84 Å². The summed E-state index contributed by atoms with van der Waals surface area (Å²) < 4.78 is 30.6. The predicted octanol–water partition coefficient (Wildman–Crippen LogP) is -0.285. The Morgan fingerprint density at radius 1 is 1.40 bits per heavy atom. The van der Waals surface area contributed by atoms with Crippen LogP contribution in [0.2, 0.25) is 0 Å². The smallest absolute Gasteiger partial charge is 0.211 e. The number of hydrogen-bond donors (Lipinski definition) is 2. The zero-order chi connectivity index (χ0) is 11.1. The highest BCUT2D eigenvalue weighted by Gasteiger charge is 2.18. The minimum Gasteiger partial charge on any atom is -0.396 e. The molecule has 0 aromatic carbocycles. The summed E-state index contributed by atoms with van der Waals surface area (Å²) in [7, 11) is -3.16. The van der Waals surface area contributed by atoms with Crippen LogP contribution in [-0.4, -0.2) is 45.6 Å². The number of ether oxygens (including phenoxy) is 1. The monoisotopic (exact) mass is 237 g/mol. The fraction of sp³-hybridized carbons (Fsp3) is 1.00. The van der Waals surface area contributed by atoms with Crippen LogP contribution in [0.4, 0.5) is 0 Å². The summed E-state index contributed by atoms with van der Waals surface area (Å²) in [5.41, 5.74) is 0. The number of nitrogens with one attached hydrogen (secondary N) is 1. The lowest BCUT2D eigenvalue weighted by atomic mass is 10.1. The van der Waals surface area contributed by atoms with E-state index in [1.807, 2.05) is 0 Å². The summed E-state index contributed by atoms with van der Waals surface area (Å²) in [6, 6.07) is 0. The van der Waals surface area contributed by atoms with Crippen LogP contribution < -0.4 is 4.72 Å². The van der Waals surface area contributed by atoms with Gasteiger partial charge in [0.05, 0.1) is 12.4 Å². The van der Waals surface area contributed by atoms with E-state index in [-0.39, 0.29) is 12.4 Å². The van der Waals surface area contributed by atoms with Crippen molar-refractivity contribution in [2.24, 2.45) is 5.92 Å². The molecule has 1 fully saturated rings. The third-order valence-electron chi connectivity index (χ3n) is 2.44. The van der Waals surface area contributed by atoms with Crippen LogP contribution in [0.15, 0.2) is 0 Å². The van der Waals surface area contributed by atoms with Crippen molar-refractivity contribution in [1.82, 2.24) is 4.72 Å². The van der Waals surface area contributed by atoms with Crippen LogP contribution in [0.25, 0.3) is 0 Å². The van der Waals surface area contributed by atoms with E-state index < -0.39 is 10.0 Å². The van der Waals surface area contributed by atoms with Gasteiger partial charge in [-0.05, 0) is 25.2 Å². The van der Waals surface area contributed by atoms with Crippen LogP contribution in [0.1, 0.15) is 19.3 Å². The maximum Gasteiger partial charge on any atom is 0.211 e. The van der Waals surface area contributed by atoms with Crippen molar-refractivity contribution in [2.75, 3.05) is 32.1 Å². The van der Waals surface area contributed by atoms with Gasteiger partial charge in [-0.1, -0.05) is 0 Å². The lowest BCUT2D eigenvalue weighted by molar-refractivity contribution is 0.186. The molecule has 1 saturated heterocycles. The molecule has 15 heavy (non-hydrogen) atoms. The van der Waals surface area contributed by atoms with Gasteiger partial charge in [-0.15, -0.1) is 0 Å². The summed E-state index contributed by atoms with van der Waals surface area (Å²) >= 11 is 0. The van der Waals surface area contributed by atoms with E-state index in [1.54, 1.807) is 0 Å². The van der Waals surface area contributed by atoms with Gasteiger partial charge in [0.25, 0.3) is 0 Å². The van der Waals surface area contributed by atoms with Gasteiger partial charge in [0.2, 0.25) is 10.0 Å². The minimum atomic E-state index is -3.16. The van der Waals surface area contributed by atoms with Crippen molar-refractivity contribution >= 4 is 10.0 Å². The number of aliphatic hydroxyl groups is 1. The third kappa shape index (κ3) is 5.46. The Morgan fingerprint density at radius 3 is 2.80 bits per heavy atom. The molecule has 1 atom stereocenters. The van der Waals surface area contributed by atoms with Gasteiger partial charge in [0.15, 0.2) is 0 Å². The van der Waals surface area contributed by atoms with Gasteiger partial charge in [0.1, 0.15) is 0 Å². The molecule has 2 N–H and O–H groups in total. The van der Waals surface area contributed by atoms with Crippen molar-refractivity contribution < 1.29 is 18.3 Å². The van der Waals surface area contributed by atoms with Crippen molar-refractivity contribution in [2.45, 2.75) is 19.3 Å². The number of unbranched alkanes of at least 4 members (excludes halogenated alkanes) is 1. The van der Waals surface area contributed by atoms with Crippen molar-refractivity contribution in [3.8, 4) is 0 Å². The van der Waals surface area contributed by atoms with Crippen molar-refractivity contribution in [3.05, 3.63) is 0 Å². The fourth-order valence-corrected chi connectivity index (χ4v) is 2.68. The maximum absolute atomic E-state index is 11.4. The summed E-state index contributed by atoms with van der Waals surface area (Å²) in [4.78, 5) is 0. The largest absolute Gasteiger partial charge is 0.396 e. The van der Waals surface area contributed by atoms with Crippen LogP contribution in [0.3, 0.4) is 0 Å². The quantitative estimate of drug-likeness (QED) is 0.597. The van der Waals surface area contributed by atoms with Gasteiger partial charge in [-0.25, -0.2) is 13.1 Å². The molecule has 90 valence electrons. The molecular weight excluding hydrogens is 218 g/mol. The first-order valence-corrected chi connectivity index (χ1v) is 6.95. The Hall–Kier alpha value is -0.170. The highest BCUT2D eigenvalue weighted by molar-refractivity contribution is 7.89. The zero-order valence-corrected chi connectivity index (χ0v) is 9.63. The molecule has 0 aromatic heterocycles. The normalized spacial score (nSPS) is 22.1. The first-order valence-electron chi connectivity index (χ1n) is 5.30. The number of hydrogen-bond acceptors (Lipinski definition) is 4. The van der Waals surface area contributed by atoms with E-state index >= 15 is 0 Å². The van der Waals surface area contributed by atoms with E-state index in [0.717, 1.165) is 13.0 Å².